The summed E-state index contributed by atoms with van der Waals surface area (Å²) in [5.74, 6) is -0.889. The topological polar surface area (TPSA) is 75.3 Å². The molecule has 2 aromatic rings. The van der Waals surface area contributed by atoms with Crippen LogP contribution in [0.2, 0.25) is 5.02 Å². The lowest BCUT2D eigenvalue weighted by Crippen LogP contribution is -2.37. The van der Waals surface area contributed by atoms with Crippen LogP contribution in [0.4, 0.5) is 10.1 Å². The molecule has 21 heavy (non-hydrogen) atoms. The number of hydrogen-bond acceptors (Lipinski definition) is 3. The number of anilines is 1. The molecule has 0 aliphatic carbocycles. The number of rotatable bonds is 4. The molecule has 4 N–H and O–H groups in total. The minimum Gasteiger partial charge on any atom is -0.508 e. The first-order chi connectivity index (χ1) is 9.95. The number of halogens is 2. The van der Waals surface area contributed by atoms with Gasteiger partial charge in [0, 0.05) is 5.69 Å². The van der Waals surface area contributed by atoms with Gasteiger partial charge in [0.05, 0.1) is 11.1 Å². The molecule has 0 bridgehead atoms. The molecule has 0 fully saturated rings. The van der Waals surface area contributed by atoms with E-state index < -0.39 is 17.8 Å². The molecule has 0 spiro atoms. The van der Waals surface area contributed by atoms with Crippen molar-refractivity contribution in [1.82, 2.24) is 0 Å². The third-order valence-electron chi connectivity index (χ3n) is 2.92. The average Bonchev–Trinajstić information content (AvgIpc) is 2.45. The van der Waals surface area contributed by atoms with Crippen molar-refractivity contribution in [2.24, 2.45) is 5.73 Å². The summed E-state index contributed by atoms with van der Waals surface area (Å²) in [6.07, 6.45) is 0.308. The highest BCUT2D eigenvalue weighted by molar-refractivity contribution is 6.30. The van der Waals surface area contributed by atoms with Crippen LogP contribution in [0.15, 0.2) is 42.5 Å². The van der Waals surface area contributed by atoms with Gasteiger partial charge in [-0.1, -0.05) is 23.7 Å². The standard InChI is InChI=1S/C15H14ClFN2O2/c16-12-6-3-10(8-13(12)17)19-15(21)14(18)7-9-1-4-11(20)5-2-9/h1-6,8,14,20H,7,18H2,(H,19,21)/t14-/m1/s1. The van der Waals surface area contributed by atoms with Gasteiger partial charge in [0.15, 0.2) is 0 Å². The van der Waals surface area contributed by atoms with Gasteiger partial charge in [-0.15, -0.1) is 0 Å². The number of hydrogen-bond donors (Lipinski definition) is 3. The summed E-state index contributed by atoms with van der Waals surface area (Å²) in [4.78, 5) is 11.9. The Labute approximate surface area is 126 Å². The lowest BCUT2D eigenvalue weighted by Gasteiger charge is -2.12. The number of phenolic OH excluding ortho intramolecular Hbond substituents is 1. The number of aromatic hydroxyl groups is 1. The number of phenols is 1. The Morgan fingerprint density at radius 1 is 1.29 bits per heavy atom. The molecule has 0 aromatic heterocycles. The Balaban J connectivity index is 1.98. The molecule has 0 unspecified atom stereocenters. The zero-order valence-corrected chi connectivity index (χ0v) is 11.8. The summed E-state index contributed by atoms with van der Waals surface area (Å²) >= 11 is 5.57. The van der Waals surface area contributed by atoms with Crippen LogP contribution in [0.1, 0.15) is 5.56 Å². The van der Waals surface area contributed by atoms with Crippen molar-refractivity contribution in [2.45, 2.75) is 12.5 Å². The van der Waals surface area contributed by atoms with Crippen LogP contribution in [-0.4, -0.2) is 17.1 Å². The van der Waals surface area contributed by atoms with Crippen molar-refractivity contribution in [3.05, 3.63) is 58.9 Å². The number of amides is 1. The zero-order valence-electron chi connectivity index (χ0n) is 11.0. The van der Waals surface area contributed by atoms with E-state index >= 15 is 0 Å². The van der Waals surface area contributed by atoms with Gasteiger partial charge in [-0.05, 0) is 42.3 Å². The molecule has 0 radical (unpaired) electrons. The van der Waals surface area contributed by atoms with Crippen LogP contribution in [-0.2, 0) is 11.2 Å². The van der Waals surface area contributed by atoms with Gasteiger partial charge < -0.3 is 16.2 Å². The second-order valence-corrected chi connectivity index (χ2v) is 5.00. The van der Waals surface area contributed by atoms with Gasteiger partial charge in [-0.3, -0.25) is 4.79 Å². The van der Waals surface area contributed by atoms with E-state index in [-0.39, 0.29) is 10.8 Å². The SMILES string of the molecule is N[C@H](Cc1ccc(O)cc1)C(=O)Nc1ccc(Cl)c(F)c1. The summed E-state index contributed by atoms with van der Waals surface area (Å²) in [6.45, 7) is 0. The third kappa shape index (κ3) is 4.18. The fraction of sp³-hybridized carbons (Fsp3) is 0.133. The van der Waals surface area contributed by atoms with Crippen LogP contribution < -0.4 is 11.1 Å². The minimum atomic E-state index is -0.784. The van der Waals surface area contributed by atoms with Crippen molar-refractivity contribution in [3.8, 4) is 5.75 Å². The molecule has 6 heteroatoms. The Morgan fingerprint density at radius 2 is 1.95 bits per heavy atom. The predicted molar refractivity (Wildman–Crippen MR) is 79.8 cm³/mol. The maximum absolute atomic E-state index is 13.3. The zero-order chi connectivity index (χ0) is 15.4. The summed E-state index contributed by atoms with van der Waals surface area (Å²) in [5.41, 5.74) is 6.92. The first-order valence-electron chi connectivity index (χ1n) is 6.25. The first kappa shape index (κ1) is 15.3. The van der Waals surface area contributed by atoms with E-state index in [4.69, 9.17) is 17.3 Å². The van der Waals surface area contributed by atoms with E-state index in [2.05, 4.69) is 5.32 Å². The van der Waals surface area contributed by atoms with E-state index in [0.29, 0.717) is 12.1 Å². The number of nitrogens with two attached hydrogens (primary N) is 1. The molecule has 0 saturated carbocycles. The highest BCUT2D eigenvalue weighted by atomic mass is 35.5. The largest absolute Gasteiger partial charge is 0.508 e. The molecule has 0 heterocycles. The van der Waals surface area contributed by atoms with E-state index in [1.165, 1.54) is 24.3 Å². The molecule has 2 rings (SSSR count). The number of carbonyl (C=O) groups is 1. The van der Waals surface area contributed by atoms with Crippen LogP contribution in [0.5, 0.6) is 5.75 Å². The Kier molecular flexibility index (Phi) is 4.77. The normalized spacial score (nSPS) is 12.0. The van der Waals surface area contributed by atoms with Gasteiger partial charge in [-0.2, -0.15) is 0 Å². The fourth-order valence-corrected chi connectivity index (χ4v) is 1.91. The smallest absolute Gasteiger partial charge is 0.241 e. The number of carbonyl (C=O) groups excluding carboxylic acids is 1. The van der Waals surface area contributed by atoms with Crippen molar-refractivity contribution in [1.29, 1.82) is 0 Å². The molecule has 0 saturated heterocycles. The van der Waals surface area contributed by atoms with E-state index in [1.807, 2.05) is 0 Å². The quantitative estimate of drug-likeness (QED) is 0.813. The van der Waals surface area contributed by atoms with Crippen molar-refractivity contribution < 1.29 is 14.3 Å². The van der Waals surface area contributed by atoms with Crippen LogP contribution in [0.3, 0.4) is 0 Å². The molecular weight excluding hydrogens is 295 g/mol. The maximum Gasteiger partial charge on any atom is 0.241 e. The highest BCUT2D eigenvalue weighted by Crippen LogP contribution is 2.19. The molecule has 0 aliphatic heterocycles. The monoisotopic (exact) mass is 308 g/mol. The molecule has 4 nitrogen and oxygen atoms in total. The molecule has 2 aromatic carbocycles. The molecule has 110 valence electrons. The van der Waals surface area contributed by atoms with Crippen molar-refractivity contribution in [2.75, 3.05) is 5.32 Å². The molecule has 0 aliphatic rings. The third-order valence-corrected chi connectivity index (χ3v) is 3.22. The van der Waals surface area contributed by atoms with E-state index in [9.17, 15) is 14.3 Å². The second-order valence-electron chi connectivity index (χ2n) is 4.60. The van der Waals surface area contributed by atoms with Crippen LogP contribution in [0, 0.1) is 5.82 Å². The lowest BCUT2D eigenvalue weighted by molar-refractivity contribution is -0.117. The van der Waals surface area contributed by atoms with Crippen molar-refractivity contribution in [3.63, 3.8) is 0 Å². The van der Waals surface area contributed by atoms with E-state index in [1.54, 1.807) is 12.1 Å². The highest BCUT2D eigenvalue weighted by Gasteiger charge is 2.15. The van der Waals surface area contributed by atoms with Gasteiger partial charge in [0.25, 0.3) is 0 Å². The van der Waals surface area contributed by atoms with Crippen LogP contribution >= 0.6 is 11.6 Å². The Hall–Kier alpha value is -2.11. The average molecular weight is 309 g/mol. The number of benzene rings is 2. The van der Waals surface area contributed by atoms with Gasteiger partial charge in [-0.25, -0.2) is 4.39 Å². The summed E-state index contributed by atoms with van der Waals surface area (Å²) in [7, 11) is 0. The molecular formula is C15H14ClFN2O2. The van der Waals surface area contributed by atoms with Gasteiger partial charge in [0.1, 0.15) is 11.6 Å². The summed E-state index contributed by atoms with van der Waals surface area (Å²) in [5, 5.41) is 11.7. The van der Waals surface area contributed by atoms with Gasteiger partial charge in [0.2, 0.25) is 5.91 Å². The van der Waals surface area contributed by atoms with Gasteiger partial charge >= 0.3 is 0 Å². The maximum atomic E-state index is 13.3. The predicted octanol–water partition coefficient (Wildman–Crippen LogP) is 2.69. The first-order valence-corrected chi connectivity index (χ1v) is 6.63. The van der Waals surface area contributed by atoms with E-state index in [0.717, 1.165) is 11.6 Å². The summed E-state index contributed by atoms with van der Waals surface area (Å²) < 4.78 is 13.3. The summed E-state index contributed by atoms with van der Waals surface area (Å²) in [6, 6.07) is 9.62. The minimum absolute atomic E-state index is 0.0126. The lowest BCUT2D eigenvalue weighted by atomic mass is 10.1. The Morgan fingerprint density at radius 3 is 2.57 bits per heavy atom. The van der Waals surface area contributed by atoms with Crippen molar-refractivity contribution >= 4 is 23.2 Å². The fourth-order valence-electron chi connectivity index (χ4n) is 1.79. The van der Waals surface area contributed by atoms with Crippen LogP contribution in [0.25, 0.3) is 0 Å². The second kappa shape index (κ2) is 6.56. The molecule has 1 atom stereocenters. The number of nitrogens with one attached hydrogen (secondary N) is 1. The molecule has 1 amide bonds. The Bertz CT molecular complexity index is 647.